The highest BCUT2D eigenvalue weighted by Gasteiger charge is 2.48. The fourth-order valence-electron chi connectivity index (χ4n) is 8.03. The molecule has 5 nitrogen and oxygen atoms in total. The first-order valence-corrected chi connectivity index (χ1v) is 15.2. The van der Waals surface area contributed by atoms with Gasteiger partial charge in [0.05, 0.1) is 12.7 Å². The summed E-state index contributed by atoms with van der Waals surface area (Å²) < 4.78 is 60.8. The van der Waals surface area contributed by atoms with Crippen molar-refractivity contribution in [2.75, 3.05) is 26.7 Å². The van der Waals surface area contributed by atoms with Crippen LogP contribution in [0.4, 0.5) is 17.6 Å². The number of piperidine rings is 3. The van der Waals surface area contributed by atoms with Crippen molar-refractivity contribution >= 4 is 16.9 Å². The summed E-state index contributed by atoms with van der Waals surface area (Å²) in [6.45, 7) is 4.38. The molecule has 3 aliphatic rings. The maximum absolute atomic E-state index is 14.5. The minimum Gasteiger partial charge on any atom is -0.469 e. The Labute approximate surface area is 244 Å². The topological polar surface area (TPSA) is 37.7 Å². The van der Waals surface area contributed by atoms with E-state index in [0.717, 1.165) is 53.5 Å². The summed E-state index contributed by atoms with van der Waals surface area (Å²) >= 11 is 0. The number of halogens is 4. The summed E-state index contributed by atoms with van der Waals surface area (Å²) in [5.74, 6) is 0.644. The van der Waals surface area contributed by atoms with E-state index in [9.17, 15) is 22.4 Å². The van der Waals surface area contributed by atoms with Crippen LogP contribution in [-0.2, 0) is 28.8 Å². The minimum absolute atomic E-state index is 0.181. The van der Waals surface area contributed by atoms with Crippen LogP contribution >= 0.6 is 0 Å². The average molecular weight is 586 g/mol. The van der Waals surface area contributed by atoms with E-state index >= 15 is 0 Å². The number of benzene rings is 2. The number of likely N-dealkylation sites (tertiary alicyclic amines) is 1. The second-order valence-corrected chi connectivity index (χ2v) is 12.3. The third kappa shape index (κ3) is 5.95. The van der Waals surface area contributed by atoms with Crippen LogP contribution in [0.25, 0.3) is 10.9 Å². The molecule has 0 aliphatic carbocycles. The summed E-state index contributed by atoms with van der Waals surface area (Å²) in [5.41, 5.74) is 1.97. The maximum atomic E-state index is 14.5. The highest BCUT2D eigenvalue weighted by Crippen LogP contribution is 2.44. The van der Waals surface area contributed by atoms with Gasteiger partial charge in [0.25, 0.3) is 0 Å². The van der Waals surface area contributed by atoms with Crippen LogP contribution < -0.4 is 0 Å². The number of fused-ring (bicyclic) bond motifs is 1. The zero-order valence-electron chi connectivity index (χ0n) is 24.1. The van der Waals surface area contributed by atoms with Gasteiger partial charge in [-0.05, 0) is 105 Å². The molecular formula is C33H39F4N3O2. The molecule has 0 radical (unpaired) electrons. The molecule has 6 rings (SSSR count). The van der Waals surface area contributed by atoms with E-state index in [0.29, 0.717) is 43.4 Å². The molecule has 3 saturated heterocycles. The summed E-state index contributed by atoms with van der Waals surface area (Å²) in [4.78, 5) is 17.2. The number of ether oxygens (including phenoxy) is 1. The van der Waals surface area contributed by atoms with Crippen molar-refractivity contribution in [3.63, 3.8) is 0 Å². The molecule has 0 unspecified atom stereocenters. The van der Waals surface area contributed by atoms with Crippen LogP contribution in [0.1, 0.15) is 61.6 Å². The lowest BCUT2D eigenvalue weighted by atomic mass is 9.69. The summed E-state index contributed by atoms with van der Waals surface area (Å²) in [6, 6.07) is 10.9. The van der Waals surface area contributed by atoms with Gasteiger partial charge in [-0.1, -0.05) is 12.1 Å². The van der Waals surface area contributed by atoms with E-state index in [2.05, 4.69) is 9.80 Å². The van der Waals surface area contributed by atoms with Crippen LogP contribution in [-0.4, -0.2) is 59.2 Å². The summed E-state index contributed by atoms with van der Waals surface area (Å²) in [5, 5.41) is 0.839. The monoisotopic (exact) mass is 585 g/mol. The minimum atomic E-state index is -4.38. The molecule has 2 aromatic carbocycles. The van der Waals surface area contributed by atoms with Gasteiger partial charge in [-0.3, -0.25) is 14.6 Å². The molecule has 0 spiro atoms. The van der Waals surface area contributed by atoms with E-state index < -0.39 is 11.7 Å². The third-order valence-electron chi connectivity index (χ3n) is 9.82. The van der Waals surface area contributed by atoms with E-state index in [1.165, 1.54) is 64.1 Å². The number of alkyl halides is 3. The quantitative estimate of drug-likeness (QED) is 0.214. The molecule has 0 bridgehead atoms. The summed E-state index contributed by atoms with van der Waals surface area (Å²) in [6.07, 6.45) is 4.56. The number of carbonyl (C=O) groups excluding carboxylic acids is 1. The Bertz CT molecular complexity index is 1400. The smallest absolute Gasteiger partial charge is 0.416 e. The molecule has 0 N–H and O–H groups in total. The molecule has 3 aromatic rings. The molecule has 3 fully saturated rings. The van der Waals surface area contributed by atoms with Crippen molar-refractivity contribution in [1.29, 1.82) is 0 Å². The molecule has 226 valence electrons. The predicted molar refractivity (Wildman–Crippen MR) is 153 cm³/mol. The first-order valence-electron chi connectivity index (χ1n) is 15.2. The highest BCUT2D eigenvalue weighted by atomic mass is 19.4. The first-order chi connectivity index (χ1) is 20.2. The Balaban J connectivity index is 1.29. The fraction of sp³-hybridized carbons (Fsp3) is 0.545. The van der Waals surface area contributed by atoms with Gasteiger partial charge in [0.1, 0.15) is 5.82 Å². The third-order valence-corrected chi connectivity index (χ3v) is 9.82. The number of nitrogens with zero attached hydrogens (tertiary/aromatic N) is 3. The predicted octanol–water partition coefficient (Wildman–Crippen LogP) is 6.87. The Morgan fingerprint density at radius 2 is 1.79 bits per heavy atom. The van der Waals surface area contributed by atoms with Gasteiger partial charge in [0.2, 0.25) is 0 Å². The van der Waals surface area contributed by atoms with Crippen molar-refractivity contribution in [2.24, 2.45) is 11.8 Å². The maximum Gasteiger partial charge on any atom is 0.416 e. The number of carbonyl (C=O) groups is 1. The second-order valence-electron chi connectivity index (χ2n) is 12.3. The Kier molecular flexibility index (Phi) is 8.33. The van der Waals surface area contributed by atoms with E-state index in [1.54, 1.807) is 12.1 Å². The van der Waals surface area contributed by atoms with Gasteiger partial charge in [0.15, 0.2) is 0 Å². The van der Waals surface area contributed by atoms with Gasteiger partial charge in [0, 0.05) is 55.2 Å². The SMILES string of the molecule is COC(=O)CCC[C@@H]1[C@H]2CCCN3CCC[C@H](CN1Cc1cn(Cc4ccc(C(F)(F)F)cc4)c4ccc(F)cc14)[C@@H]23. The van der Waals surface area contributed by atoms with E-state index in [1.807, 2.05) is 10.8 Å². The lowest BCUT2D eigenvalue weighted by molar-refractivity contribution is -0.141. The Hall–Kier alpha value is -2.91. The number of hydrogen-bond donors (Lipinski definition) is 0. The van der Waals surface area contributed by atoms with E-state index in [4.69, 9.17) is 4.74 Å². The normalized spacial score (nSPS) is 25.0. The van der Waals surface area contributed by atoms with Gasteiger partial charge < -0.3 is 9.30 Å². The number of hydrogen-bond acceptors (Lipinski definition) is 4. The number of esters is 1. The van der Waals surface area contributed by atoms with Crippen LogP contribution in [0.2, 0.25) is 0 Å². The number of methoxy groups -OCH3 is 1. The molecule has 1 aromatic heterocycles. The van der Waals surface area contributed by atoms with Crippen molar-refractivity contribution in [1.82, 2.24) is 14.4 Å². The highest BCUT2D eigenvalue weighted by molar-refractivity contribution is 5.84. The van der Waals surface area contributed by atoms with Crippen molar-refractivity contribution in [3.05, 3.63) is 71.2 Å². The zero-order chi connectivity index (χ0) is 29.4. The standard InChI is InChI=1S/C33H39F4N3O2/c1-42-31(41)8-2-7-29-27-6-4-16-38-15-3-5-23(32(27)38)19-40(29)21-24-20-39(30-14-13-26(34)17-28(24)30)18-22-9-11-25(12-10-22)33(35,36)37/h9-14,17,20,23,27,29,32H,2-8,15-16,18-19,21H2,1H3/t23-,27-,29-,32+/m1/s1. The molecular weight excluding hydrogens is 546 g/mol. The van der Waals surface area contributed by atoms with Crippen molar-refractivity contribution in [3.8, 4) is 0 Å². The van der Waals surface area contributed by atoms with Crippen LogP contribution in [0, 0.1) is 17.7 Å². The lowest BCUT2D eigenvalue weighted by Gasteiger charge is -2.57. The average Bonchev–Trinajstić information content (AvgIpc) is 3.29. The molecule has 42 heavy (non-hydrogen) atoms. The molecule has 0 amide bonds. The summed E-state index contributed by atoms with van der Waals surface area (Å²) in [7, 11) is 1.43. The molecule has 3 aliphatic heterocycles. The largest absolute Gasteiger partial charge is 0.469 e. The van der Waals surface area contributed by atoms with E-state index in [-0.39, 0.29) is 11.8 Å². The van der Waals surface area contributed by atoms with Gasteiger partial charge >= 0.3 is 12.1 Å². The van der Waals surface area contributed by atoms with Crippen LogP contribution in [0.3, 0.4) is 0 Å². The van der Waals surface area contributed by atoms with Gasteiger partial charge in [-0.15, -0.1) is 0 Å². The Morgan fingerprint density at radius 3 is 2.52 bits per heavy atom. The molecule has 4 atom stereocenters. The second kappa shape index (κ2) is 12.0. The molecule has 0 saturated carbocycles. The molecule has 4 heterocycles. The van der Waals surface area contributed by atoms with Crippen LogP contribution in [0.5, 0.6) is 0 Å². The van der Waals surface area contributed by atoms with Crippen LogP contribution in [0.15, 0.2) is 48.7 Å². The number of aromatic nitrogens is 1. The fourth-order valence-corrected chi connectivity index (χ4v) is 8.03. The van der Waals surface area contributed by atoms with Gasteiger partial charge in [-0.2, -0.15) is 13.2 Å². The number of rotatable bonds is 8. The zero-order valence-corrected chi connectivity index (χ0v) is 24.1. The van der Waals surface area contributed by atoms with Crippen molar-refractivity contribution in [2.45, 2.75) is 76.3 Å². The molecule has 9 heteroatoms. The van der Waals surface area contributed by atoms with Gasteiger partial charge in [-0.25, -0.2) is 4.39 Å². The lowest BCUT2D eigenvalue weighted by Crippen LogP contribution is -2.64. The Morgan fingerprint density at radius 1 is 1.02 bits per heavy atom. The first kappa shape index (κ1) is 29.2. The van der Waals surface area contributed by atoms with Crippen molar-refractivity contribution < 1.29 is 27.1 Å².